The first-order chi connectivity index (χ1) is 15.2. The van der Waals surface area contributed by atoms with Crippen molar-refractivity contribution in [1.82, 2.24) is 15.1 Å². The average molecular weight is 453 g/mol. The van der Waals surface area contributed by atoms with E-state index in [1.807, 2.05) is 80.9 Å². The van der Waals surface area contributed by atoms with Crippen LogP contribution in [0.25, 0.3) is 5.69 Å². The van der Waals surface area contributed by atoms with Crippen LogP contribution >= 0.6 is 11.6 Å². The number of amides is 2. The maximum Gasteiger partial charge on any atom is 0.224 e. The number of benzene rings is 2. The van der Waals surface area contributed by atoms with E-state index in [0.29, 0.717) is 23.9 Å². The van der Waals surface area contributed by atoms with Gasteiger partial charge in [0.15, 0.2) is 0 Å². The summed E-state index contributed by atoms with van der Waals surface area (Å²) in [5, 5.41) is 11.1. The van der Waals surface area contributed by atoms with E-state index >= 15 is 0 Å². The van der Waals surface area contributed by atoms with Crippen molar-refractivity contribution >= 4 is 29.1 Å². The zero-order chi connectivity index (χ0) is 23.3. The Morgan fingerprint density at radius 3 is 2.47 bits per heavy atom. The molecule has 32 heavy (non-hydrogen) atoms. The van der Waals surface area contributed by atoms with Gasteiger partial charge in [0.25, 0.3) is 0 Å². The molecule has 0 spiro atoms. The van der Waals surface area contributed by atoms with Crippen LogP contribution in [0.5, 0.6) is 0 Å². The molecule has 3 aromatic rings. The van der Waals surface area contributed by atoms with Gasteiger partial charge in [0.05, 0.1) is 17.8 Å². The number of hydrogen-bond donors (Lipinski definition) is 2. The molecule has 0 unspecified atom stereocenters. The summed E-state index contributed by atoms with van der Waals surface area (Å²) in [5.74, 6) is 0.208. The highest BCUT2D eigenvalue weighted by Crippen LogP contribution is 2.20. The summed E-state index contributed by atoms with van der Waals surface area (Å²) < 4.78 is 1.83. The maximum atomic E-state index is 12.6. The molecule has 3 rings (SSSR count). The molecule has 0 aliphatic carbocycles. The first kappa shape index (κ1) is 23.5. The van der Waals surface area contributed by atoms with Crippen LogP contribution in [0, 0.1) is 19.8 Å². The van der Waals surface area contributed by atoms with Crippen molar-refractivity contribution in [2.75, 3.05) is 5.32 Å². The fourth-order valence-corrected chi connectivity index (χ4v) is 3.66. The van der Waals surface area contributed by atoms with Gasteiger partial charge in [-0.05, 0) is 61.7 Å². The molecular weight excluding hydrogens is 424 g/mol. The summed E-state index contributed by atoms with van der Waals surface area (Å²) in [6, 6.07) is 15.0. The molecule has 1 heterocycles. The number of rotatable bonds is 8. The lowest BCUT2D eigenvalue weighted by molar-refractivity contribution is -0.120. The van der Waals surface area contributed by atoms with Gasteiger partial charge in [-0.2, -0.15) is 5.10 Å². The SMILES string of the molecule is Cc1nn(-c2ccc(Cl)cc2)c(C)c1CC(=O)NCc1cccc(NC(=O)CC(C)C)c1. The Morgan fingerprint density at radius 1 is 1.06 bits per heavy atom. The van der Waals surface area contributed by atoms with Gasteiger partial charge < -0.3 is 10.6 Å². The quantitative estimate of drug-likeness (QED) is 0.505. The van der Waals surface area contributed by atoms with Gasteiger partial charge in [0, 0.05) is 34.9 Å². The molecule has 168 valence electrons. The highest BCUT2D eigenvalue weighted by Gasteiger charge is 2.16. The van der Waals surface area contributed by atoms with Crippen LogP contribution in [0.3, 0.4) is 0 Å². The fraction of sp³-hybridized carbons (Fsp3) is 0.320. The molecule has 7 heteroatoms. The molecule has 2 aromatic carbocycles. The normalized spacial score (nSPS) is 10.9. The second kappa shape index (κ2) is 10.5. The van der Waals surface area contributed by atoms with E-state index in [0.717, 1.165) is 33.9 Å². The topological polar surface area (TPSA) is 76.0 Å². The van der Waals surface area contributed by atoms with Crippen molar-refractivity contribution in [2.45, 2.75) is 47.1 Å². The van der Waals surface area contributed by atoms with Gasteiger partial charge >= 0.3 is 0 Å². The minimum absolute atomic E-state index is 0.00941. The molecule has 0 radical (unpaired) electrons. The number of halogens is 1. The van der Waals surface area contributed by atoms with E-state index < -0.39 is 0 Å². The second-order valence-corrected chi connectivity index (χ2v) is 8.77. The predicted octanol–water partition coefficient (Wildman–Crippen LogP) is 4.99. The van der Waals surface area contributed by atoms with Crippen molar-refractivity contribution in [1.29, 1.82) is 0 Å². The number of carbonyl (C=O) groups is 2. The van der Waals surface area contributed by atoms with E-state index in [9.17, 15) is 9.59 Å². The van der Waals surface area contributed by atoms with Crippen LogP contribution in [0.2, 0.25) is 5.02 Å². The van der Waals surface area contributed by atoms with Crippen molar-refractivity contribution in [3.63, 3.8) is 0 Å². The minimum Gasteiger partial charge on any atom is -0.352 e. The summed E-state index contributed by atoms with van der Waals surface area (Å²) >= 11 is 5.98. The highest BCUT2D eigenvalue weighted by atomic mass is 35.5. The van der Waals surface area contributed by atoms with E-state index in [4.69, 9.17) is 11.6 Å². The Morgan fingerprint density at radius 2 is 1.78 bits per heavy atom. The number of hydrogen-bond acceptors (Lipinski definition) is 3. The summed E-state index contributed by atoms with van der Waals surface area (Å²) in [7, 11) is 0. The third kappa shape index (κ3) is 6.20. The number of anilines is 1. The van der Waals surface area contributed by atoms with Gasteiger partial charge in [-0.25, -0.2) is 4.68 Å². The molecule has 0 aliphatic heterocycles. The Bertz CT molecular complexity index is 1100. The molecule has 2 N–H and O–H groups in total. The van der Waals surface area contributed by atoms with Crippen molar-refractivity contribution in [2.24, 2.45) is 5.92 Å². The number of aromatic nitrogens is 2. The highest BCUT2D eigenvalue weighted by molar-refractivity contribution is 6.30. The summed E-state index contributed by atoms with van der Waals surface area (Å²) in [5.41, 5.74) is 5.21. The summed E-state index contributed by atoms with van der Waals surface area (Å²) in [6.07, 6.45) is 0.722. The van der Waals surface area contributed by atoms with Crippen molar-refractivity contribution in [3.8, 4) is 5.69 Å². The van der Waals surface area contributed by atoms with Gasteiger partial charge in [-0.1, -0.05) is 37.6 Å². The van der Waals surface area contributed by atoms with Crippen molar-refractivity contribution in [3.05, 3.63) is 76.1 Å². The monoisotopic (exact) mass is 452 g/mol. The van der Waals surface area contributed by atoms with Crippen LogP contribution in [-0.2, 0) is 22.6 Å². The lowest BCUT2D eigenvalue weighted by atomic mass is 10.1. The van der Waals surface area contributed by atoms with Crippen LogP contribution in [0.4, 0.5) is 5.69 Å². The zero-order valence-electron chi connectivity index (χ0n) is 18.9. The molecular formula is C25H29ClN4O2. The molecule has 6 nitrogen and oxygen atoms in total. The van der Waals surface area contributed by atoms with Crippen LogP contribution in [-0.4, -0.2) is 21.6 Å². The number of nitrogens with one attached hydrogen (secondary N) is 2. The Hall–Kier alpha value is -3.12. The second-order valence-electron chi connectivity index (χ2n) is 8.34. The molecule has 2 amide bonds. The summed E-state index contributed by atoms with van der Waals surface area (Å²) in [6.45, 7) is 8.27. The van der Waals surface area contributed by atoms with E-state index in [2.05, 4.69) is 15.7 Å². The molecule has 0 saturated heterocycles. The van der Waals surface area contributed by atoms with Gasteiger partial charge in [-0.15, -0.1) is 0 Å². The smallest absolute Gasteiger partial charge is 0.224 e. The Kier molecular flexibility index (Phi) is 7.70. The third-order valence-electron chi connectivity index (χ3n) is 5.14. The summed E-state index contributed by atoms with van der Waals surface area (Å²) in [4.78, 5) is 24.6. The fourth-order valence-electron chi connectivity index (χ4n) is 3.53. The van der Waals surface area contributed by atoms with E-state index in [-0.39, 0.29) is 18.2 Å². The van der Waals surface area contributed by atoms with E-state index in [1.165, 1.54) is 0 Å². The van der Waals surface area contributed by atoms with Crippen LogP contribution < -0.4 is 10.6 Å². The third-order valence-corrected chi connectivity index (χ3v) is 5.40. The Labute approximate surface area is 194 Å². The zero-order valence-corrected chi connectivity index (χ0v) is 19.7. The molecule has 0 aliphatic rings. The first-order valence-electron chi connectivity index (χ1n) is 10.7. The van der Waals surface area contributed by atoms with Crippen LogP contribution in [0.15, 0.2) is 48.5 Å². The van der Waals surface area contributed by atoms with Gasteiger partial charge in [0.2, 0.25) is 11.8 Å². The minimum atomic E-state index is -0.0823. The number of aryl methyl sites for hydroxylation is 1. The molecule has 1 aromatic heterocycles. The lowest BCUT2D eigenvalue weighted by Crippen LogP contribution is -2.25. The molecule has 0 fully saturated rings. The number of nitrogens with zero attached hydrogens (tertiary/aromatic N) is 2. The predicted molar refractivity (Wildman–Crippen MR) is 128 cm³/mol. The Balaban J connectivity index is 1.61. The van der Waals surface area contributed by atoms with Crippen LogP contribution in [0.1, 0.15) is 42.8 Å². The lowest BCUT2D eigenvalue weighted by Gasteiger charge is -2.10. The average Bonchev–Trinajstić information content (AvgIpc) is 3.01. The largest absolute Gasteiger partial charge is 0.352 e. The molecule has 0 bridgehead atoms. The standard InChI is InChI=1S/C25H29ClN4O2/c1-16(2)12-25(32)28-21-7-5-6-19(13-21)15-27-24(31)14-23-17(3)29-30(18(23)4)22-10-8-20(26)9-11-22/h5-11,13,16H,12,14-15H2,1-4H3,(H,27,31)(H,28,32). The maximum absolute atomic E-state index is 12.6. The van der Waals surface area contributed by atoms with E-state index in [1.54, 1.807) is 0 Å². The molecule has 0 atom stereocenters. The first-order valence-corrected chi connectivity index (χ1v) is 11.1. The van der Waals surface area contributed by atoms with Gasteiger partial charge in [-0.3, -0.25) is 9.59 Å². The number of carbonyl (C=O) groups excluding carboxylic acids is 2. The molecule has 0 saturated carbocycles. The van der Waals surface area contributed by atoms with Crippen molar-refractivity contribution < 1.29 is 9.59 Å². The van der Waals surface area contributed by atoms with Gasteiger partial charge in [0.1, 0.15) is 0 Å².